The van der Waals surface area contributed by atoms with E-state index in [0.717, 1.165) is 6.07 Å². The van der Waals surface area contributed by atoms with Crippen LogP contribution in [0.5, 0.6) is 0 Å². The fourth-order valence-electron chi connectivity index (χ4n) is 2.25. The number of nitrogens with one attached hydrogen (secondary N) is 3. The van der Waals surface area contributed by atoms with Gasteiger partial charge in [0.05, 0.1) is 42.4 Å². The van der Waals surface area contributed by atoms with E-state index in [-0.39, 0.29) is 43.2 Å². The Balaban J connectivity index is 2.34. The highest BCUT2D eigenvalue weighted by Gasteiger charge is 2.24. The zero-order valence-corrected chi connectivity index (χ0v) is 18.9. The third-order valence-corrected chi connectivity index (χ3v) is 5.33. The molecular weight excluding hydrogens is 534 g/mol. The number of hydrogen-bond donors (Lipinski definition) is 5. The summed E-state index contributed by atoms with van der Waals surface area (Å²) in [6.45, 7) is 1.94. The van der Waals surface area contributed by atoms with Gasteiger partial charge >= 0.3 is 0 Å². The van der Waals surface area contributed by atoms with Gasteiger partial charge in [0.15, 0.2) is 17.5 Å². The molecule has 1 amide bonds. The number of carbonyl (C=O) groups excluding carboxylic acids is 1. The van der Waals surface area contributed by atoms with Gasteiger partial charge in [0, 0.05) is 16.1 Å². The van der Waals surface area contributed by atoms with Crippen molar-refractivity contribution in [2.75, 3.05) is 25.1 Å². The summed E-state index contributed by atoms with van der Waals surface area (Å²) in [6.07, 6.45) is 1.39. The lowest BCUT2D eigenvalue weighted by molar-refractivity contribution is -0.0635. The number of benzene rings is 1. The van der Waals surface area contributed by atoms with Gasteiger partial charge in [-0.25, -0.2) is 18.7 Å². The summed E-state index contributed by atoms with van der Waals surface area (Å²) in [5.41, 5.74) is 1.94. The molecule has 0 saturated carbocycles. The average molecular weight is 557 g/mol. The standard InChI is InChI=1S/C19H23F3IN3O5/c1-19(2,29)10-31-24-9-11-7-12(18(28)26-30-6-5-27)17(16(22)15(11)21)25-14-3-4-23-8-13(14)20/h3-4,7-8,24-25,27,29H,5-6,9-10H2,1-2H3,(H,26,28). The van der Waals surface area contributed by atoms with Crippen molar-refractivity contribution in [3.05, 3.63) is 50.5 Å². The maximum Gasteiger partial charge on any atom is 0.277 e. The summed E-state index contributed by atoms with van der Waals surface area (Å²) in [7, 11) is 0. The first kappa shape index (κ1) is 25.4. The van der Waals surface area contributed by atoms with E-state index in [9.17, 15) is 23.1 Å². The van der Waals surface area contributed by atoms with Crippen LogP contribution in [0.4, 0.5) is 18.9 Å². The van der Waals surface area contributed by atoms with Gasteiger partial charge in [-0.05, 0) is 30.1 Å². The Kier molecular flexibility index (Phi) is 9.58. The maximum atomic E-state index is 14.9. The molecule has 0 spiro atoms. The lowest BCUT2D eigenvalue weighted by atomic mass is 10.1. The summed E-state index contributed by atoms with van der Waals surface area (Å²) in [6, 6.07) is 1.06. The molecule has 1 aromatic rings. The van der Waals surface area contributed by atoms with Crippen molar-refractivity contribution in [3.63, 3.8) is 0 Å². The minimum atomic E-state index is -1.40. The fraction of sp³-hybridized carbons (Fsp3) is 0.368. The molecule has 31 heavy (non-hydrogen) atoms. The van der Waals surface area contributed by atoms with Crippen molar-refractivity contribution >= 4 is 36.3 Å². The van der Waals surface area contributed by atoms with Crippen LogP contribution in [-0.4, -0.2) is 45.6 Å². The topological polar surface area (TPSA) is 112 Å². The van der Waals surface area contributed by atoms with Crippen LogP contribution >= 0.6 is 20.7 Å². The zero-order chi connectivity index (χ0) is 23.0. The zero-order valence-electron chi connectivity index (χ0n) is 16.8. The van der Waals surface area contributed by atoms with Crippen LogP contribution < -0.4 is 16.3 Å². The van der Waals surface area contributed by atoms with Gasteiger partial charge < -0.3 is 15.5 Å². The van der Waals surface area contributed by atoms with Gasteiger partial charge in [-0.15, -0.1) is 0 Å². The van der Waals surface area contributed by atoms with Crippen LogP contribution in [0.1, 0.15) is 29.8 Å². The largest absolute Gasteiger partial charge is 0.394 e. The van der Waals surface area contributed by atoms with Crippen molar-refractivity contribution in [2.24, 2.45) is 0 Å². The van der Waals surface area contributed by atoms with E-state index < -0.39 is 55.4 Å². The number of anilines is 1. The fourth-order valence-corrected chi connectivity index (χ4v) is 3.67. The number of rotatable bonds is 11. The minimum absolute atomic E-state index is 0.117. The smallest absolute Gasteiger partial charge is 0.277 e. The lowest BCUT2D eigenvalue weighted by Gasteiger charge is -2.19. The third-order valence-electron chi connectivity index (χ3n) is 3.65. The molecule has 0 bridgehead atoms. The van der Waals surface area contributed by atoms with Crippen molar-refractivity contribution in [3.8, 4) is 0 Å². The van der Waals surface area contributed by atoms with Gasteiger partial charge in [0.25, 0.3) is 5.91 Å². The van der Waals surface area contributed by atoms with Crippen LogP contribution in [0.3, 0.4) is 0 Å². The van der Waals surface area contributed by atoms with E-state index in [1.807, 2.05) is 5.48 Å². The quantitative estimate of drug-likeness (QED) is 0.161. The van der Waals surface area contributed by atoms with E-state index in [4.69, 9.17) is 14.8 Å². The SMILES string of the molecule is CC(C)(O)CONCc1cc(C(=O)NOCCO)c(NC2=C(F)C=IC=C2)c(F)c1F. The molecule has 0 unspecified atom stereocenters. The number of halogens is 4. The highest BCUT2D eigenvalue weighted by atomic mass is 127. The molecule has 2 rings (SSSR count). The van der Waals surface area contributed by atoms with Crippen molar-refractivity contribution in [2.45, 2.75) is 26.0 Å². The minimum Gasteiger partial charge on any atom is -0.394 e. The number of aliphatic hydroxyl groups excluding tert-OH is 1. The van der Waals surface area contributed by atoms with E-state index in [0.29, 0.717) is 0 Å². The van der Waals surface area contributed by atoms with Gasteiger partial charge in [-0.1, -0.05) is 20.7 Å². The molecule has 1 aliphatic heterocycles. The number of amides is 1. The second kappa shape index (κ2) is 11.7. The lowest BCUT2D eigenvalue weighted by Crippen LogP contribution is -2.31. The molecule has 1 aliphatic rings. The first-order valence-electron chi connectivity index (χ1n) is 9.03. The molecule has 0 saturated heterocycles. The van der Waals surface area contributed by atoms with E-state index in [1.165, 1.54) is 23.9 Å². The van der Waals surface area contributed by atoms with Crippen LogP contribution in [0.15, 0.2) is 27.7 Å². The van der Waals surface area contributed by atoms with Crippen LogP contribution in [0.25, 0.3) is 0 Å². The Morgan fingerprint density at radius 1 is 1.23 bits per heavy atom. The number of hydrogen-bond acceptors (Lipinski definition) is 7. The first-order chi connectivity index (χ1) is 14.6. The van der Waals surface area contributed by atoms with Crippen molar-refractivity contribution < 1.29 is 37.9 Å². The molecule has 0 atom stereocenters. The van der Waals surface area contributed by atoms with Gasteiger partial charge in [0.2, 0.25) is 0 Å². The maximum absolute atomic E-state index is 14.9. The number of allylic oxidation sites excluding steroid dienone is 2. The molecule has 5 N–H and O–H groups in total. The third kappa shape index (κ3) is 7.66. The Bertz CT molecular complexity index is 901. The summed E-state index contributed by atoms with van der Waals surface area (Å²) in [5, 5.41) is 20.8. The van der Waals surface area contributed by atoms with E-state index in [2.05, 4.69) is 10.8 Å². The molecule has 0 radical (unpaired) electrons. The Morgan fingerprint density at radius 2 is 1.97 bits per heavy atom. The van der Waals surface area contributed by atoms with Crippen LogP contribution in [-0.2, 0) is 16.2 Å². The molecule has 1 heterocycles. The predicted molar refractivity (Wildman–Crippen MR) is 117 cm³/mol. The van der Waals surface area contributed by atoms with Gasteiger partial charge in [0.1, 0.15) is 0 Å². The highest BCUT2D eigenvalue weighted by Crippen LogP contribution is 2.29. The summed E-state index contributed by atoms with van der Waals surface area (Å²) in [4.78, 5) is 22.2. The summed E-state index contributed by atoms with van der Waals surface area (Å²) < 4.78 is 46.6. The second-order valence-electron chi connectivity index (χ2n) is 6.93. The molecule has 8 nitrogen and oxygen atoms in total. The second-order valence-corrected chi connectivity index (χ2v) is 8.99. The molecule has 0 aliphatic carbocycles. The Morgan fingerprint density at radius 3 is 2.61 bits per heavy atom. The molecule has 0 aromatic heterocycles. The number of hydroxylamine groups is 2. The molecule has 1 aromatic carbocycles. The molecule has 172 valence electrons. The van der Waals surface area contributed by atoms with Crippen molar-refractivity contribution in [1.29, 1.82) is 0 Å². The molecule has 0 fully saturated rings. The molecular formula is C19H23F3IN3O5. The highest BCUT2D eigenvalue weighted by molar-refractivity contribution is 14.2. The normalized spacial score (nSPS) is 13.9. The number of carbonyl (C=O) groups is 1. The Labute approximate surface area is 186 Å². The molecule has 12 heteroatoms. The number of aliphatic hydroxyl groups is 2. The van der Waals surface area contributed by atoms with E-state index in [1.54, 1.807) is 4.08 Å². The van der Waals surface area contributed by atoms with Gasteiger partial charge in [-0.2, -0.15) is 5.48 Å². The van der Waals surface area contributed by atoms with Crippen molar-refractivity contribution in [1.82, 2.24) is 11.0 Å². The Hall–Kier alpha value is -1.84. The van der Waals surface area contributed by atoms with E-state index >= 15 is 0 Å². The summed E-state index contributed by atoms with van der Waals surface area (Å²) >= 11 is -0.607. The summed E-state index contributed by atoms with van der Waals surface area (Å²) in [5.74, 6) is -4.25. The van der Waals surface area contributed by atoms with Crippen LogP contribution in [0.2, 0.25) is 0 Å². The first-order valence-corrected chi connectivity index (χ1v) is 11.5. The monoisotopic (exact) mass is 557 g/mol. The van der Waals surface area contributed by atoms with Gasteiger partial charge in [-0.3, -0.25) is 14.5 Å². The predicted octanol–water partition coefficient (Wildman–Crippen LogP) is 2.30. The average Bonchev–Trinajstić information content (AvgIpc) is 2.71. The van der Waals surface area contributed by atoms with Crippen LogP contribution in [0, 0.1) is 11.6 Å².